The topological polar surface area (TPSA) is 24.7 Å². The van der Waals surface area contributed by atoms with E-state index in [1.807, 2.05) is 30.5 Å². The minimum absolute atomic E-state index is 0.142. The molecule has 3 atom stereocenters. The summed E-state index contributed by atoms with van der Waals surface area (Å²) in [5, 5.41) is 8.45. The predicted molar refractivity (Wildman–Crippen MR) is 75.8 cm³/mol. The molecule has 1 fully saturated rings. The molecule has 84 valence electrons. The molecule has 1 heterocycles. The van der Waals surface area contributed by atoms with Gasteiger partial charge in [0.2, 0.25) is 0 Å². The lowest BCUT2D eigenvalue weighted by Gasteiger charge is -2.11. The Bertz CT molecular complexity index is 526. The van der Waals surface area contributed by atoms with Gasteiger partial charge < -0.3 is 0 Å². The van der Waals surface area contributed by atoms with Gasteiger partial charge >= 0.3 is 0 Å². The Kier molecular flexibility index (Phi) is 2.44. The van der Waals surface area contributed by atoms with E-state index in [2.05, 4.69) is 29.8 Å². The Morgan fingerprint density at radius 3 is 3.00 bits per heavy atom. The van der Waals surface area contributed by atoms with Crippen LogP contribution in [0.15, 0.2) is 34.5 Å². The van der Waals surface area contributed by atoms with Gasteiger partial charge in [0.05, 0.1) is 5.71 Å². The van der Waals surface area contributed by atoms with Crippen LogP contribution in [0.3, 0.4) is 0 Å². The lowest BCUT2D eigenvalue weighted by molar-refractivity contribution is 0.717. The Labute approximate surface area is 108 Å². The molecule has 1 saturated carbocycles. The SMILES string of the molecule is [B]c1cccc(C2=NN=CC3(C)C(CS)C23)c1. The fraction of sp³-hybridized carbons (Fsp3) is 0.385. The number of hydrogen-bond donors (Lipinski definition) is 1. The fourth-order valence-corrected chi connectivity index (χ4v) is 3.40. The lowest BCUT2D eigenvalue weighted by atomic mass is 9.91. The van der Waals surface area contributed by atoms with Gasteiger partial charge in [-0.3, -0.25) is 0 Å². The van der Waals surface area contributed by atoms with Crippen LogP contribution in [0.2, 0.25) is 0 Å². The molecule has 0 spiro atoms. The van der Waals surface area contributed by atoms with Crippen molar-refractivity contribution in [1.82, 2.24) is 0 Å². The summed E-state index contributed by atoms with van der Waals surface area (Å²) >= 11 is 4.42. The Morgan fingerprint density at radius 2 is 2.29 bits per heavy atom. The molecule has 2 aliphatic rings. The van der Waals surface area contributed by atoms with E-state index in [0.29, 0.717) is 11.8 Å². The molecule has 17 heavy (non-hydrogen) atoms. The first-order valence-electron chi connectivity index (χ1n) is 5.75. The van der Waals surface area contributed by atoms with Gasteiger partial charge in [-0.2, -0.15) is 22.8 Å². The molecular weight excluding hydrogens is 227 g/mol. The number of fused-ring (bicyclic) bond motifs is 1. The van der Waals surface area contributed by atoms with E-state index in [0.717, 1.165) is 22.5 Å². The third-order valence-electron chi connectivity index (χ3n) is 3.94. The van der Waals surface area contributed by atoms with Crippen LogP contribution in [0.5, 0.6) is 0 Å². The van der Waals surface area contributed by atoms with Gasteiger partial charge in [-0.05, 0) is 17.2 Å². The molecule has 1 aliphatic carbocycles. The maximum Gasteiger partial charge on any atom is 0.113 e. The van der Waals surface area contributed by atoms with Gasteiger partial charge in [-0.15, -0.1) is 0 Å². The molecule has 2 radical (unpaired) electrons. The van der Waals surface area contributed by atoms with Gasteiger partial charge in [0.1, 0.15) is 7.85 Å². The predicted octanol–water partition coefficient (Wildman–Crippen LogP) is 1.45. The Morgan fingerprint density at radius 1 is 1.47 bits per heavy atom. The second-order valence-electron chi connectivity index (χ2n) is 4.99. The molecule has 1 aromatic carbocycles. The van der Waals surface area contributed by atoms with E-state index < -0.39 is 0 Å². The van der Waals surface area contributed by atoms with Gasteiger partial charge in [0.15, 0.2) is 0 Å². The molecule has 0 bridgehead atoms. The van der Waals surface area contributed by atoms with Crippen LogP contribution in [0.4, 0.5) is 0 Å². The van der Waals surface area contributed by atoms with Crippen molar-refractivity contribution >= 4 is 37.9 Å². The zero-order valence-corrected chi connectivity index (χ0v) is 10.6. The van der Waals surface area contributed by atoms with E-state index in [1.54, 1.807) is 0 Å². The van der Waals surface area contributed by atoms with Crippen molar-refractivity contribution in [2.45, 2.75) is 6.92 Å². The fourth-order valence-electron chi connectivity index (χ4n) is 2.80. The van der Waals surface area contributed by atoms with Crippen LogP contribution in [0, 0.1) is 17.3 Å². The zero-order valence-electron chi connectivity index (χ0n) is 9.67. The molecule has 0 aromatic heterocycles. The highest BCUT2D eigenvalue weighted by atomic mass is 32.1. The maximum absolute atomic E-state index is 5.82. The molecular formula is C13H13BN2S. The van der Waals surface area contributed by atoms with Crippen molar-refractivity contribution in [3.05, 3.63) is 29.8 Å². The first kappa shape index (κ1) is 11.1. The number of rotatable bonds is 2. The number of benzene rings is 1. The Hall–Kier alpha value is -1.03. The second-order valence-corrected chi connectivity index (χ2v) is 5.35. The number of nitrogens with zero attached hydrogens (tertiary/aromatic N) is 2. The summed E-state index contributed by atoms with van der Waals surface area (Å²) in [5.41, 5.74) is 3.05. The normalized spacial score (nSPS) is 34.1. The summed E-state index contributed by atoms with van der Waals surface area (Å²) < 4.78 is 0. The molecule has 1 aromatic rings. The molecule has 1 aliphatic heterocycles. The molecule has 3 unspecified atom stereocenters. The lowest BCUT2D eigenvalue weighted by Crippen LogP contribution is -2.16. The van der Waals surface area contributed by atoms with Crippen LogP contribution < -0.4 is 5.46 Å². The molecule has 0 N–H and O–H groups in total. The van der Waals surface area contributed by atoms with Crippen LogP contribution >= 0.6 is 12.6 Å². The van der Waals surface area contributed by atoms with Crippen LogP contribution in [-0.2, 0) is 0 Å². The van der Waals surface area contributed by atoms with Crippen LogP contribution in [0.25, 0.3) is 0 Å². The molecule has 0 saturated heterocycles. The highest BCUT2D eigenvalue weighted by molar-refractivity contribution is 7.80. The third kappa shape index (κ3) is 1.58. The smallest absolute Gasteiger partial charge is 0.113 e. The van der Waals surface area contributed by atoms with Crippen molar-refractivity contribution in [1.29, 1.82) is 0 Å². The zero-order chi connectivity index (χ0) is 12.0. The number of thiol groups is 1. The second kappa shape index (κ2) is 3.74. The molecule has 3 rings (SSSR count). The summed E-state index contributed by atoms with van der Waals surface area (Å²) in [6.07, 6.45) is 1.97. The van der Waals surface area contributed by atoms with Crippen molar-refractivity contribution in [3.63, 3.8) is 0 Å². The van der Waals surface area contributed by atoms with Crippen molar-refractivity contribution < 1.29 is 0 Å². The minimum atomic E-state index is 0.142. The molecule has 4 heteroatoms. The summed E-state index contributed by atoms with van der Waals surface area (Å²) in [4.78, 5) is 0. The first-order chi connectivity index (χ1) is 8.16. The quantitative estimate of drug-likeness (QED) is 0.598. The Balaban J connectivity index is 2.00. The van der Waals surface area contributed by atoms with Crippen LogP contribution in [-0.4, -0.2) is 25.5 Å². The van der Waals surface area contributed by atoms with E-state index >= 15 is 0 Å². The van der Waals surface area contributed by atoms with Crippen LogP contribution in [0.1, 0.15) is 12.5 Å². The number of hydrogen-bond acceptors (Lipinski definition) is 3. The van der Waals surface area contributed by atoms with E-state index in [-0.39, 0.29) is 5.41 Å². The van der Waals surface area contributed by atoms with Crippen molar-refractivity contribution in [2.24, 2.45) is 27.5 Å². The summed E-state index contributed by atoms with van der Waals surface area (Å²) in [6, 6.07) is 7.86. The van der Waals surface area contributed by atoms with E-state index in [4.69, 9.17) is 7.85 Å². The monoisotopic (exact) mass is 240 g/mol. The summed E-state index contributed by atoms with van der Waals surface area (Å²) in [7, 11) is 5.82. The summed E-state index contributed by atoms with van der Waals surface area (Å²) in [5.74, 6) is 1.85. The minimum Gasteiger partial charge on any atom is -0.179 e. The average molecular weight is 240 g/mol. The van der Waals surface area contributed by atoms with E-state index in [1.165, 1.54) is 0 Å². The average Bonchev–Trinajstić information content (AvgIpc) is 2.93. The third-order valence-corrected chi connectivity index (χ3v) is 4.33. The molecule has 0 amide bonds. The first-order valence-corrected chi connectivity index (χ1v) is 6.39. The highest BCUT2D eigenvalue weighted by Crippen LogP contribution is 2.60. The van der Waals surface area contributed by atoms with Gasteiger partial charge in [0, 0.05) is 17.5 Å². The van der Waals surface area contributed by atoms with Crippen molar-refractivity contribution in [2.75, 3.05) is 5.75 Å². The summed E-state index contributed by atoms with van der Waals surface area (Å²) in [6.45, 7) is 2.23. The van der Waals surface area contributed by atoms with Crippen molar-refractivity contribution in [3.8, 4) is 0 Å². The maximum atomic E-state index is 5.82. The van der Waals surface area contributed by atoms with Gasteiger partial charge in [-0.25, -0.2) is 0 Å². The standard InChI is InChI=1S/C13H13BN2S/c1-13-7-15-16-12(11(13)10(13)6-17)8-3-2-4-9(14)5-8/h2-5,7,10-11,17H,6H2,1H3. The highest BCUT2D eigenvalue weighted by Gasteiger charge is 2.63. The van der Waals surface area contributed by atoms with Gasteiger partial charge in [0.25, 0.3) is 0 Å². The van der Waals surface area contributed by atoms with Gasteiger partial charge in [-0.1, -0.05) is 36.7 Å². The largest absolute Gasteiger partial charge is 0.179 e. The van der Waals surface area contributed by atoms with E-state index in [9.17, 15) is 0 Å². The molecule has 2 nitrogen and oxygen atoms in total.